The normalized spacial score (nSPS) is 14.1. The Kier molecular flexibility index (Phi) is 55.4. The van der Waals surface area contributed by atoms with Crippen molar-refractivity contribution in [2.24, 2.45) is 0 Å². The molecule has 0 bridgehead atoms. The highest BCUT2D eigenvalue weighted by molar-refractivity contribution is 7.47. The van der Waals surface area contributed by atoms with Crippen LogP contribution in [0.4, 0.5) is 0 Å². The maximum Gasteiger partial charge on any atom is 0.472 e. The number of allylic oxidation sites excluding steroid dienone is 20. The van der Waals surface area contributed by atoms with E-state index in [0.717, 1.165) is 96.3 Å². The van der Waals surface area contributed by atoms with E-state index in [1.165, 1.54) is 116 Å². The van der Waals surface area contributed by atoms with Crippen LogP contribution >= 0.6 is 7.82 Å². The topological polar surface area (TPSA) is 108 Å². The van der Waals surface area contributed by atoms with Gasteiger partial charge in [0.05, 0.1) is 27.7 Å². The number of carbonyl (C=O) groups is 2. The summed E-state index contributed by atoms with van der Waals surface area (Å²) in [6, 6.07) is 0. The molecule has 446 valence electrons. The molecule has 0 saturated carbocycles. The molecule has 0 rings (SSSR count). The van der Waals surface area contributed by atoms with Gasteiger partial charge in [-0.15, -0.1) is 0 Å². The van der Waals surface area contributed by atoms with Gasteiger partial charge in [-0.25, -0.2) is 4.57 Å². The Morgan fingerprint density at radius 2 is 0.731 bits per heavy atom. The predicted molar refractivity (Wildman–Crippen MR) is 334 cm³/mol. The molecule has 0 aromatic carbocycles. The zero-order valence-electron chi connectivity index (χ0n) is 50.6. The van der Waals surface area contributed by atoms with Crippen LogP contribution in [-0.2, 0) is 32.7 Å². The molecule has 0 heterocycles. The summed E-state index contributed by atoms with van der Waals surface area (Å²) in [4.78, 5) is 35.7. The fourth-order valence-electron chi connectivity index (χ4n) is 8.22. The first-order chi connectivity index (χ1) is 38.0. The number of hydrogen-bond acceptors (Lipinski definition) is 7. The Morgan fingerprint density at radius 1 is 0.410 bits per heavy atom. The minimum absolute atomic E-state index is 0.0179. The van der Waals surface area contributed by atoms with Crippen molar-refractivity contribution in [2.45, 2.75) is 251 Å². The molecule has 9 nitrogen and oxygen atoms in total. The van der Waals surface area contributed by atoms with Gasteiger partial charge >= 0.3 is 19.8 Å². The molecule has 0 aliphatic heterocycles. The Labute approximate surface area is 479 Å². The van der Waals surface area contributed by atoms with Gasteiger partial charge in [-0.3, -0.25) is 18.6 Å². The van der Waals surface area contributed by atoms with Crippen LogP contribution < -0.4 is 0 Å². The van der Waals surface area contributed by atoms with Crippen molar-refractivity contribution in [3.05, 3.63) is 122 Å². The molecular weight excluding hydrogens is 990 g/mol. The van der Waals surface area contributed by atoms with Crippen molar-refractivity contribution in [1.29, 1.82) is 0 Å². The smallest absolute Gasteiger partial charge is 0.462 e. The van der Waals surface area contributed by atoms with Crippen molar-refractivity contribution in [2.75, 3.05) is 47.5 Å². The highest BCUT2D eigenvalue weighted by atomic mass is 31.2. The largest absolute Gasteiger partial charge is 0.472 e. The molecule has 0 fully saturated rings. The molecule has 1 N–H and O–H groups in total. The quantitative estimate of drug-likeness (QED) is 0.0211. The van der Waals surface area contributed by atoms with Crippen LogP contribution in [0.5, 0.6) is 0 Å². The van der Waals surface area contributed by atoms with Crippen LogP contribution in [-0.4, -0.2) is 74.9 Å². The molecule has 0 aliphatic carbocycles. The van der Waals surface area contributed by atoms with E-state index in [0.29, 0.717) is 17.4 Å². The summed E-state index contributed by atoms with van der Waals surface area (Å²) in [7, 11) is 1.44. The monoisotopic (exact) mass is 1110 g/mol. The summed E-state index contributed by atoms with van der Waals surface area (Å²) >= 11 is 0. The minimum atomic E-state index is -4.41. The van der Waals surface area contributed by atoms with Crippen molar-refractivity contribution in [3.8, 4) is 0 Å². The average molecular weight is 1110 g/mol. The number of phosphoric acid groups is 1. The molecule has 2 unspecified atom stereocenters. The number of carbonyl (C=O) groups excluding carboxylic acids is 2. The standard InChI is InChI=1S/C68H116NO8P/c1-6-8-10-12-14-16-18-20-22-24-26-28-29-30-31-32-33-34-35-36-37-38-39-41-43-45-47-49-51-53-55-57-59-61-68(71)77-66(65-76-78(72,73)75-63-62-69(3,4)5)64-74-67(70)60-58-56-54-52-50-48-46-44-42-40-27-25-23-21-19-17-15-13-11-9-7-2/h8,10,14,16,20,22,26,28,30-31,33-34,36-37,39,41,45,47,51,53,66H,6-7,9,11-13,15,17-19,21,23-25,27,29,32,35,38,40,42-44,46,48-50,52,54-65H2,1-5H3/p+1/b10-8-,16-14-,22-20-,28-26-,31-30-,34-33-,37-36-,41-39-,47-45-,53-51-. The molecule has 2 atom stereocenters. The van der Waals surface area contributed by atoms with E-state index in [1.807, 2.05) is 21.1 Å². The zero-order chi connectivity index (χ0) is 57.0. The van der Waals surface area contributed by atoms with Crippen LogP contribution in [0, 0.1) is 0 Å². The fraction of sp³-hybridized carbons (Fsp3) is 0.676. The van der Waals surface area contributed by atoms with Crippen molar-refractivity contribution in [3.63, 3.8) is 0 Å². The maximum atomic E-state index is 12.8. The lowest BCUT2D eigenvalue weighted by Crippen LogP contribution is -2.37. The van der Waals surface area contributed by atoms with E-state index in [-0.39, 0.29) is 32.0 Å². The number of esters is 2. The van der Waals surface area contributed by atoms with Gasteiger partial charge in [0.25, 0.3) is 0 Å². The summed E-state index contributed by atoms with van der Waals surface area (Å²) in [6.07, 6.45) is 82.8. The van der Waals surface area contributed by atoms with Crippen molar-refractivity contribution in [1.82, 2.24) is 0 Å². The zero-order valence-corrected chi connectivity index (χ0v) is 51.5. The van der Waals surface area contributed by atoms with Gasteiger partial charge in [0.15, 0.2) is 6.10 Å². The number of phosphoric ester groups is 1. The number of rotatable bonds is 56. The second kappa shape index (κ2) is 58.1. The fourth-order valence-corrected chi connectivity index (χ4v) is 8.96. The number of nitrogens with zero attached hydrogens (tertiary/aromatic N) is 1. The minimum Gasteiger partial charge on any atom is -0.462 e. The molecule has 78 heavy (non-hydrogen) atoms. The number of unbranched alkanes of at least 4 members (excludes halogenated alkanes) is 22. The van der Waals surface area contributed by atoms with Crippen LogP contribution in [0.3, 0.4) is 0 Å². The van der Waals surface area contributed by atoms with E-state index in [1.54, 1.807) is 0 Å². The number of likely N-dealkylation sites (N-methyl/N-ethyl adjacent to an activating group) is 1. The van der Waals surface area contributed by atoms with E-state index >= 15 is 0 Å². The Balaban J connectivity index is 4.26. The first-order valence-corrected chi connectivity index (χ1v) is 32.8. The molecular formula is C68H117NO8P+. The number of quaternary nitrogens is 1. The summed E-state index contributed by atoms with van der Waals surface area (Å²) in [5.41, 5.74) is 0. The summed E-state index contributed by atoms with van der Waals surface area (Å²) in [5, 5.41) is 0. The molecule has 0 aromatic heterocycles. The highest BCUT2D eigenvalue weighted by Crippen LogP contribution is 2.43. The van der Waals surface area contributed by atoms with Crippen LogP contribution in [0.15, 0.2) is 122 Å². The van der Waals surface area contributed by atoms with E-state index in [2.05, 4.69) is 135 Å². The lowest BCUT2D eigenvalue weighted by molar-refractivity contribution is -0.870. The molecule has 10 heteroatoms. The van der Waals surface area contributed by atoms with Gasteiger partial charge in [-0.1, -0.05) is 264 Å². The summed E-state index contributed by atoms with van der Waals surface area (Å²) in [5.74, 6) is -0.849. The third-order valence-corrected chi connectivity index (χ3v) is 14.0. The Bertz CT molecular complexity index is 1730. The first-order valence-electron chi connectivity index (χ1n) is 31.3. The first kappa shape index (κ1) is 74.4. The van der Waals surface area contributed by atoms with E-state index in [4.69, 9.17) is 18.5 Å². The van der Waals surface area contributed by atoms with Gasteiger partial charge in [-0.05, 0) is 89.9 Å². The second-order valence-electron chi connectivity index (χ2n) is 21.7. The average Bonchev–Trinajstić information content (AvgIpc) is 3.41. The second-order valence-corrected chi connectivity index (χ2v) is 23.2. The summed E-state index contributed by atoms with van der Waals surface area (Å²) in [6.45, 7) is 4.28. The summed E-state index contributed by atoms with van der Waals surface area (Å²) < 4.78 is 34.6. The molecule has 0 aromatic rings. The van der Waals surface area contributed by atoms with Crippen molar-refractivity contribution >= 4 is 19.8 Å². The number of ether oxygens (including phenoxy) is 2. The van der Waals surface area contributed by atoms with Crippen LogP contribution in [0.1, 0.15) is 245 Å². The van der Waals surface area contributed by atoms with E-state index in [9.17, 15) is 19.0 Å². The van der Waals surface area contributed by atoms with Crippen LogP contribution in [0.2, 0.25) is 0 Å². The third-order valence-electron chi connectivity index (χ3n) is 13.0. The lowest BCUT2D eigenvalue weighted by atomic mass is 10.0. The van der Waals surface area contributed by atoms with Gasteiger partial charge in [-0.2, -0.15) is 0 Å². The SMILES string of the molecule is CC/C=C\C/C=C\C/C=C\C/C=C\C/C=C\C/C=C\C/C=C\C/C=C\C/C=C\C/C=C\CCCCC(=O)OC(COC(=O)CCCCCCCCCCCCCCCCCCCCCCC)COP(=O)(O)OCC[N+](C)(C)C. The Hall–Kier alpha value is -3.59. The molecule has 0 saturated heterocycles. The third kappa shape index (κ3) is 61.6. The van der Waals surface area contributed by atoms with Gasteiger partial charge in [0.1, 0.15) is 19.8 Å². The predicted octanol–water partition coefficient (Wildman–Crippen LogP) is 19.9. The van der Waals surface area contributed by atoms with Gasteiger partial charge in [0.2, 0.25) is 0 Å². The maximum absolute atomic E-state index is 12.8. The molecule has 0 radical (unpaired) electrons. The van der Waals surface area contributed by atoms with Crippen LogP contribution in [0.25, 0.3) is 0 Å². The lowest BCUT2D eigenvalue weighted by Gasteiger charge is -2.24. The molecule has 0 spiro atoms. The Morgan fingerprint density at radius 3 is 1.09 bits per heavy atom. The number of hydrogen-bond donors (Lipinski definition) is 1. The van der Waals surface area contributed by atoms with Gasteiger partial charge in [0, 0.05) is 12.8 Å². The van der Waals surface area contributed by atoms with Crippen molar-refractivity contribution < 1.29 is 42.1 Å². The highest BCUT2D eigenvalue weighted by Gasteiger charge is 2.27. The van der Waals surface area contributed by atoms with E-state index < -0.39 is 26.5 Å². The molecule has 0 aliphatic rings. The van der Waals surface area contributed by atoms with Gasteiger partial charge < -0.3 is 18.9 Å². The molecule has 0 amide bonds.